The molecule has 0 spiro atoms. The predicted octanol–water partition coefficient (Wildman–Crippen LogP) is 1.58. The number of carboxylic acid groups (broad SMARTS) is 3. The van der Waals surface area contributed by atoms with Gasteiger partial charge in [-0.15, -0.1) is 0 Å². The molecule has 1 saturated heterocycles. The van der Waals surface area contributed by atoms with Crippen LogP contribution in [0.3, 0.4) is 0 Å². The van der Waals surface area contributed by atoms with Crippen LogP contribution in [0.5, 0.6) is 0 Å². The lowest BCUT2D eigenvalue weighted by Crippen LogP contribution is -2.46. The van der Waals surface area contributed by atoms with Crippen molar-refractivity contribution in [3.05, 3.63) is 40.2 Å². The molecular formula is C31H51N7O10. The van der Waals surface area contributed by atoms with Crippen molar-refractivity contribution in [3.8, 4) is 0 Å². The maximum Gasteiger partial charge on any atom is 0.408 e. The maximum absolute atomic E-state index is 11.3. The second-order valence-electron chi connectivity index (χ2n) is 12.1. The van der Waals surface area contributed by atoms with Crippen LogP contribution >= 0.6 is 0 Å². The Bertz CT molecular complexity index is 1430. The molecule has 17 heteroatoms. The molecule has 1 aromatic heterocycles. The Balaban J connectivity index is 0.000000625. The molecule has 1 aromatic carbocycles. The van der Waals surface area contributed by atoms with Crippen LogP contribution in [0.15, 0.2) is 38.5 Å². The van der Waals surface area contributed by atoms with E-state index < -0.39 is 41.7 Å². The topological polar surface area (TPSA) is 309 Å². The summed E-state index contributed by atoms with van der Waals surface area (Å²) in [4.78, 5) is 57.1. The number of guanidine groups is 1. The first-order valence-electron chi connectivity index (χ1n) is 15.2. The number of carbonyl (C=O) groups is 4. The average molecular weight is 682 g/mol. The van der Waals surface area contributed by atoms with Crippen LogP contribution in [0, 0.1) is 12.8 Å². The number of aliphatic imine (C=N–C) groups is 1. The van der Waals surface area contributed by atoms with E-state index in [1.807, 2.05) is 13.0 Å². The first kappa shape index (κ1) is 43.1. The highest BCUT2D eigenvalue weighted by atomic mass is 16.6. The van der Waals surface area contributed by atoms with Crippen molar-refractivity contribution < 1.29 is 43.7 Å². The molecule has 2 aromatic rings. The number of nitrogens with zero attached hydrogens (tertiary/aromatic N) is 1. The van der Waals surface area contributed by atoms with Gasteiger partial charge in [-0.05, 0) is 83.5 Å². The summed E-state index contributed by atoms with van der Waals surface area (Å²) in [6, 6.07) is 4.76. The van der Waals surface area contributed by atoms with Crippen LogP contribution in [-0.4, -0.2) is 82.1 Å². The van der Waals surface area contributed by atoms with Crippen LogP contribution in [0.4, 0.5) is 10.5 Å². The molecule has 2 heterocycles. The third-order valence-corrected chi connectivity index (χ3v) is 6.22. The van der Waals surface area contributed by atoms with Crippen LogP contribution < -0.4 is 39.2 Å². The van der Waals surface area contributed by atoms with Crippen LogP contribution in [-0.2, 0) is 19.1 Å². The summed E-state index contributed by atoms with van der Waals surface area (Å²) >= 11 is 0. The first-order chi connectivity index (χ1) is 22.1. The molecule has 270 valence electrons. The van der Waals surface area contributed by atoms with Crippen LogP contribution in [0.25, 0.3) is 11.0 Å². The van der Waals surface area contributed by atoms with E-state index in [4.69, 9.17) is 47.4 Å². The minimum absolute atomic E-state index is 0.0129. The number of fused-ring (bicyclic) bond motifs is 1. The van der Waals surface area contributed by atoms with Gasteiger partial charge in [0.05, 0.1) is 0 Å². The van der Waals surface area contributed by atoms with Crippen molar-refractivity contribution in [2.24, 2.45) is 28.1 Å². The van der Waals surface area contributed by atoms with E-state index >= 15 is 0 Å². The normalized spacial score (nSPS) is 14.8. The summed E-state index contributed by atoms with van der Waals surface area (Å²) in [7, 11) is 0. The molecule has 48 heavy (non-hydrogen) atoms. The Morgan fingerprint density at radius 2 is 1.73 bits per heavy atom. The molecule has 2 unspecified atom stereocenters. The van der Waals surface area contributed by atoms with Crippen molar-refractivity contribution in [2.45, 2.75) is 91.0 Å². The van der Waals surface area contributed by atoms with E-state index in [1.54, 1.807) is 46.8 Å². The zero-order valence-corrected chi connectivity index (χ0v) is 28.3. The number of benzene rings is 1. The highest BCUT2D eigenvalue weighted by Crippen LogP contribution is 2.18. The van der Waals surface area contributed by atoms with Gasteiger partial charge in [-0.2, -0.15) is 0 Å². The highest BCUT2D eigenvalue weighted by molar-refractivity contribution is 5.83. The number of nitrogens with one attached hydrogen (secondary N) is 2. The fraction of sp³-hybridized carbons (Fsp3) is 0.548. The number of carboxylic acids is 3. The Labute approximate surface area is 279 Å². The highest BCUT2D eigenvalue weighted by Gasteiger charge is 2.26. The van der Waals surface area contributed by atoms with Crippen molar-refractivity contribution in [3.63, 3.8) is 0 Å². The molecule has 0 bridgehead atoms. The molecule has 17 nitrogen and oxygen atoms in total. The van der Waals surface area contributed by atoms with Crippen LogP contribution in [0.1, 0.15) is 65.9 Å². The van der Waals surface area contributed by atoms with Gasteiger partial charge >= 0.3 is 29.6 Å². The number of amides is 1. The zero-order valence-electron chi connectivity index (χ0n) is 28.3. The fourth-order valence-electron chi connectivity index (χ4n) is 3.83. The van der Waals surface area contributed by atoms with Gasteiger partial charge in [0.15, 0.2) is 5.96 Å². The lowest BCUT2D eigenvalue weighted by molar-refractivity contribution is -0.141. The standard InChI is InChI=1S/C10H19NO4.C10H9NO2.C6H14N4O2.C5H9NO2/c1-6(2)7(8(12)13)11-9(14)15-10(3,4)5;1-6-4-10(12)13-9-5-7(11)2-3-8(6)9;7-4(5(11)12)2-1-3-10-6(8)9;7-5(8)4-2-1-3-6-4/h6-7H,1-5H3,(H,11,14)(H,12,13);2-5H,11H2,1H3;4H,1-3,7H2,(H,11,12)(H4,8,9,10);4,6H,1-3H2,(H,7,8)/t;;;4-/m...0/s1. The number of nitrogens with two attached hydrogens (primary N) is 4. The number of carbonyl (C=O) groups excluding carboxylic acids is 1. The van der Waals surface area contributed by atoms with E-state index in [9.17, 15) is 24.0 Å². The summed E-state index contributed by atoms with van der Waals surface area (Å²) in [5.41, 5.74) is 22.0. The lowest BCUT2D eigenvalue weighted by atomic mass is 10.1. The number of anilines is 1. The minimum atomic E-state index is -1.06. The van der Waals surface area contributed by atoms with Gasteiger partial charge in [-0.1, -0.05) is 13.8 Å². The number of hydrogen-bond acceptors (Lipinski definition) is 11. The van der Waals surface area contributed by atoms with Gasteiger partial charge in [-0.25, -0.2) is 14.4 Å². The third kappa shape index (κ3) is 18.9. The van der Waals surface area contributed by atoms with E-state index in [0.29, 0.717) is 30.7 Å². The Morgan fingerprint density at radius 1 is 1.10 bits per heavy atom. The third-order valence-electron chi connectivity index (χ3n) is 6.22. The number of rotatable bonds is 9. The van der Waals surface area contributed by atoms with E-state index in [-0.39, 0.29) is 23.5 Å². The van der Waals surface area contributed by atoms with Crippen molar-refractivity contribution in [1.29, 1.82) is 0 Å². The van der Waals surface area contributed by atoms with Gasteiger partial charge in [0.25, 0.3) is 0 Å². The maximum atomic E-state index is 11.3. The van der Waals surface area contributed by atoms with Crippen molar-refractivity contribution in [2.75, 3.05) is 18.8 Å². The molecule has 13 N–H and O–H groups in total. The largest absolute Gasteiger partial charge is 0.480 e. The quantitative estimate of drug-likeness (QED) is 0.0596. The summed E-state index contributed by atoms with van der Waals surface area (Å²) in [5.74, 6) is -2.95. The molecule has 1 fully saturated rings. The lowest BCUT2D eigenvalue weighted by Gasteiger charge is -2.23. The summed E-state index contributed by atoms with van der Waals surface area (Å²) < 4.78 is 9.94. The molecular weight excluding hydrogens is 630 g/mol. The number of aliphatic carboxylic acids is 3. The Hall–Kier alpha value is -4.90. The van der Waals surface area contributed by atoms with Gasteiger partial charge in [0, 0.05) is 29.8 Å². The Morgan fingerprint density at radius 3 is 2.17 bits per heavy atom. The van der Waals surface area contributed by atoms with Crippen LogP contribution in [0.2, 0.25) is 0 Å². The van der Waals surface area contributed by atoms with Gasteiger partial charge in [-0.3, -0.25) is 14.6 Å². The van der Waals surface area contributed by atoms with E-state index in [0.717, 1.165) is 30.3 Å². The zero-order chi connectivity index (χ0) is 37.2. The second kappa shape index (κ2) is 21.1. The molecule has 3 rings (SSSR count). The molecule has 1 aliphatic heterocycles. The molecule has 1 aliphatic rings. The fourth-order valence-corrected chi connectivity index (χ4v) is 3.83. The monoisotopic (exact) mass is 681 g/mol. The SMILES string of the molecule is CC(C)C(NC(=O)OC(C)(C)C)C(=O)O.Cc1cc(=O)oc2cc(N)ccc12.NC(N)=NCCCC(N)C(=O)O.O=C(O)[C@@H]1CCCN1. The van der Waals surface area contributed by atoms with Gasteiger partial charge in [0.1, 0.15) is 29.3 Å². The van der Waals surface area contributed by atoms with E-state index in [2.05, 4.69) is 15.6 Å². The van der Waals surface area contributed by atoms with Crippen molar-refractivity contribution >= 4 is 46.6 Å². The summed E-state index contributed by atoms with van der Waals surface area (Å²) in [5, 5.41) is 31.6. The van der Waals surface area contributed by atoms with Gasteiger partial charge < -0.3 is 58.0 Å². The predicted molar refractivity (Wildman–Crippen MR) is 181 cm³/mol. The minimum Gasteiger partial charge on any atom is -0.480 e. The first-order valence-corrected chi connectivity index (χ1v) is 15.2. The average Bonchev–Trinajstić information content (AvgIpc) is 3.49. The molecule has 1 amide bonds. The summed E-state index contributed by atoms with van der Waals surface area (Å²) in [6.45, 7) is 11.7. The summed E-state index contributed by atoms with van der Waals surface area (Å²) in [6.07, 6.45) is 2.03. The molecule has 0 saturated carbocycles. The second-order valence-corrected chi connectivity index (χ2v) is 12.1. The Kier molecular flexibility index (Phi) is 18.9. The number of aryl methyl sites for hydroxylation is 1. The number of nitrogen functional groups attached to an aromatic ring is 1. The van der Waals surface area contributed by atoms with Crippen molar-refractivity contribution in [1.82, 2.24) is 10.6 Å². The molecule has 0 aliphatic carbocycles. The number of hydrogen-bond donors (Lipinski definition) is 9. The molecule has 0 radical (unpaired) electrons. The smallest absolute Gasteiger partial charge is 0.408 e. The molecule has 3 atom stereocenters. The van der Waals surface area contributed by atoms with Gasteiger partial charge in [0.2, 0.25) is 0 Å². The number of alkyl carbamates (subject to hydrolysis) is 1. The number of ether oxygens (including phenoxy) is 1. The van der Waals surface area contributed by atoms with E-state index in [1.165, 1.54) is 6.07 Å².